The largest absolute Gasteiger partial charge is 0.325 e. The molecule has 2 aromatic rings. The summed E-state index contributed by atoms with van der Waals surface area (Å²) in [4.78, 5) is 15.9. The minimum absolute atomic E-state index is 0.0908. The summed E-state index contributed by atoms with van der Waals surface area (Å²) in [6, 6.07) is 7.76. The second-order valence-electron chi connectivity index (χ2n) is 4.25. The lowest BCUT2D eigenvalue weighted by Crippen LogP contribution is -2.48. The minimum atomic E-state index is 0.0908. The van der Waals surface area contributed by atoms with Crippen LogP contribution in [0.15, 0.2) is 36.7 Å². The Morgan fingerprint density at radius 2 is 2.24 bits per heavy atom. The fraction of sp³-hybridized carbons (Fsp3) is 0.231. The van der Waals surface area contributed by atoms with Crippen molar-refractivity contribution in [3.63, 3.8) is 0 Å². The summed E-state index contributed by atoms with van der Waals surface area (Å²) < 4.78 is 0. The van der Waals surface area contributed by atoms with Gasteiger partial charge in [-0.05, 0) is 12.1 Å². The summed E-state index contributed by atoms with van der Waals surface area (Å²) in [5.74, 6) is 0.195. The number of rotatable bonds is 2. The number of anilines is 1. The van der Waals surface area contributed by atoms with Gasteiger partial charge in [0.2, 0.25) is 5.91 Å². The average molecular weight is 227 g/mol. The number of benzene rings is 1. The van der Waals surface area contributed by atoms with E-state index >= 15 is 0 Å². The van der Waals surface area contributed by atoms with E-state index in [1.54, 1.807) is 12.4 Å². The van der Waals surface area contributed by atoms with Crippen molar-refractivity contribution in [2.45, 2.75) is 0 Å². The second kappa shape index (κ2) is 4.14. The summed E-state index contributed by atoms with van der Waals surface area (Å²) in [6.07, 6.45) is 3.54. The van der Waals surface area contributed by atoms with Gasteiger partial charge in [-0.1, -0.05) is 12.1 Å². The highest BCUT2D eigenvalue weighted by molar-refractivity contribution is 6.02. The van der Waals surface area contributed by atoms with Gasteiger partial charge in [-0.3, -0.25) is 9.78 Å². The van der Waals surface area contributed by atoms with E-state index in [0.717, 1.165) is 29.5 Å². The van der Waals surface area contributed by atoms with Crippen LogP contribution < -0.4 is 10.6 Å². The van der Waals surface area contributed by atoms with Crippen LogP contribution in [0.25, 0.3) is 10.8 Å². The number of hydrogen-bond donors (Lipinski definition) is 2. The molecule has 1 aromatic heterocycles. The third-order valence-electron chi connectivity index (χ3n) is 3.09. The van der Waals surface area contributed by atoms with Gasteiger partial charge in [-0.2, -0.15) is 0 Å². The molecule has 2 N–H and O–H groups in total. The van der Waals surface area contributed by atoms with Gasteiger partial charge in [0.15, 0.2) is 0 Å². The Balaban J connectivity index is 1.91. The first-order valence-electron chi connectivity index (χ1n) is 5.69. The number of hydrogen-bond acceptors (Lipinski definition) is 3. The first-order valence-corrected chi connectivity index (χ1v) is 5.69. The van der Waals surface area contributed by atoms with Crippen molar-refractivity contribution in [1.82, 2.24) is 10.3 Å². The van der Waals surface area contributed by atoms with E-state index in [1.165, 1.54) is 0 Å². The van der Waals surface area contributed by atoms with E-state index in [2.05, 4.69) is 15.6 Å². The van der Waals surface area contributed by atoms with Crippen LogP contribution in [0.1, 0.15) is 0 Å². The van der Waals surface area contributed by atoms with E-state index in [0.29, 0.717) is 0 Å². The van der Waals surface area contributed by atoms with Gasteiger partial charge in [0, 0.05) is 41.9 Å². The monoisotopic (exact) mass is 227 g/mol. The molecule has 1 aliphatic rings. The smallest absolute Gasteiger partial charge is 0.230 e. The molecule has 0 bridgehead atoms. The van der Waals surface area contributed by atoms with Crippen LogP contribution in [0.2, 0.25) is 0 Å². The predicted molar refractivity (Wildman–Crippen MR) is 66.7 cm³/mol. The zero-order valence-electron chi connectivity index (χ0n) is 9.31. The maximum Gasteiger partial charge on any atom is 0.230 e. The minimum Gasteiger partial charge on any atom is -0.325 e. The summed E-state index contributed by atoms with van der Waals surface area (Å²) in [5, 5.41) is 8.14. The van der Waals surface area contributed by atoms with Gasteiger partial charge in [0.25, 0.3) is 0 Å². The molecule has 0 saturated carbocycles. The van der Waals surface area contributed by atoms with Crippen LogP contribution in [0.3, 0.4) is 0 Å². The highest BCUT2D eigenvalue weighted by Gasteiger charge is 2.24. The molecule has 0 radical (unpaired) electrons. The number of carbonyl (C=O) groups is 1. The Kier molecular flexibility index (Phi) is 2.49. The Hall–Kier alpha value is -1.94. The standard InChI is InChI=1S/C13H13N3O/c17-13(10-7-15-8-10)16-12-3-1-2-9-6-14-5-4-11(9)12/h1-6,10,15H,7-8H2,(H,16,17). The number of carbonyl (C=O) groups excluding carboxylic acids is 1. The Labute approximate surface area is 99.0 Å². The SMILES string of the molecule is O=C(Nc1cccc2cnccc12)C1CNC1. The Morgan fingerprint density at radius 1 is 1.35 bits per heavy atom. The fourth-order valence-electron chi connectivity index (χ4n) is 1.94. The van der Waals surface area contributed by atoms with E-state index in [1.807, 2.05) is 24.3 Å². The molecule has 0 atom stereocenters. The van der Waals surface area contributed by atoms with E-state index in [-0.39, 0.29) is 11.8 Å². The molecule has 0 spiro atoms. The highest BCUT2D eigenvalue weighted by atomic mass is 16.2. The first kappa shape index (κ1) is 10.2. The van der Waals surface area contributed by atoms with Crippen LogP contribution in [0, 0.1) is 5.92 Å². The second-order valence-corrected chi connectivity index (χ2v) is 4.25. The lowest BCUT2D eigenvalue weighted by atomic mass is 10.0. The molecule has 1 amide bonds. The first-order chi connectivity index (χ1) is 8.34. The summed E-state index contributed by atoms with van der Waals surface area (Å²) in [7, 11) is 0. The molecule has 1 aliphatic heterocycles. The third kappa shape index (κ3) is 1.87. The number of amides is 1. The predicted octanol–water partition coefficient (Wildman–Crippen LogP) is 1.39. The van der Waals surface area contributed by atoms with E-state index < -0.39 is 0 Å². The topological polar surface area (TPSA) is 54.0 Å². The van der Waals surface area contributed by atoms with Crippen LogP contribution in [0.5, 0.6) is 0 Å². The lowest BCUT2D eigenvalue weighted by Gasteiger charge is -2.26. The highest BCUT2D eigenvalue weighted by Crippen LogP contribution is 2.22. The number of pyridine rings is 1. The molecule has 2 heterocycles. The third-order valence-corrected chi connectivity index (χ3v) is 3.09. The van der Waals surface area contributed by atoms with Crippen LogP contribution in [-0.2, 0) is 4.79 Å². The molecule has 4 heteroatoms. The van der Waals surface area contributed by atoms with Crippen LogP contribution in [0.4, 0.5) is 5.69 Å². The fourth-order valence-corrected chi connectivity index (χ4v) is 1.94. The molecule has 0 unspecified atom stereocenters. The molecule has 1 fully saturated rings. The van der Waals surface area contributed by atoms with Crippen molar-refractivity contribution in [1.29, 1.82) is 0 Å². The Bertz CT molecular complexity index is 558. The molecule has 1 aromatic carbocycles. The number of nitrogens with one attached hydrogen (secondary N) is 2. The van der Waals surface area contributed by atoms with Gasteiger partial charge in [-0.25, -0.2) is 0 Å². The lowest BCUT2D eigenvalue weighted by molar-refractivity contribution is -0.121. The molecule has 86 valence electrons. The summed E-state index contributed by atoms with van der Waals surface area (Å²) >= 11 is 0. The molecular weight excluding hydrogens is 214 g/mol. The van der Waals surface area contributed by atoms with Gasteiger partial charge in [0.1, 0.15) is 0 Å². The van der Waals surface area contributed by atoms with Gasteiger partial charge >= 0.3 is 0 Å². The van der Waals surface area contributed by atoms with E-state index in [4.69, 9.17) is 0 Å². The van der Waals surface area contributed by atoms with Crippen molar-refractivity contribution in [3.05, 3.63) is 36.7 Å². The van der Waals surface area contributed by atoms with Crippen molar-refractivity contribution in [3.8, 4) is 0 Å². The van der Waals surface area contributed by atoms with Crippen molar-refractivity contribution in [2.24, 2.45) is 5.92 Å². The number of aromatic nitrogens is 1. The summed E-state index contributed by atoms with van der Waals surface area (Å²) in [5.41, 5.74) is 0.863. The van der Waals surface area contributed by atoms with Gasteiger partial charge in [0.05, 0.1) is 5.92 Å². The Morgan fingerprint density at radius 3 is 3.00 bits per heavy atom. The van der Waals surface area contributed by atoms with Crippen LogP contribution in [-0.4, -0.2) is 24.0 Å². The zero-order valence-corrected chi connectivity index (χ0v) is 9.31. The molecular formula is C13H13N3O. The van der Waals surface area contributed by atoms with Crippen molar-refractivity contribution < 1.29 is 4.79 Å². The number of nitrogens with zero attached hydrogens (tertiary/aromatic N) is 1. The normalized spacial score (nSPS) is 15.5. The van der Waals surface area contributed by atoms with Gasteiger partial charge in [-0.15, -0.1) is 0 Å². The quantitative estimate of drug-likeness (QED) is 0.815. The number of fused-ring (bicyclic) bond motifs is 1. The maximum atomic E-state index is 11.9. The molecule has 4 nitrogen and oxygen atoms in total. The molecule has 3 rings (SSSR count). The van der Waals surface area contributed by atoms with Crippen molar-refractivity contribution >= 4 is 22.4 Å². The molecule has 0 aliphatic carbocycles. The average Bonchev–Trinajstić information content (AvgIpc) is 2.27. The molecule has 17 heavy (non-hydrogen) atoms. The van der Waals surface area contributed by atoms with E-state index in [9.17, 15) is 4.79 Å². The molecule has 1 saturated heterocycles. The van der Waals surface area contributed by atoms with Crippen LogP contribution >= 0.6 is 0 Å². The summed E-state index contributed by atoms with van der Waals surface area (Å²) in [6.45, 7) is 1.55. The zero-order chi connectivity index (χ0) is 11.7. The van der Waals surface area contributed by atoms with Crippen molar-refractivity contribution in [2.75, 3.05) is 18.4 Å². The van der Waals surface area contributed by atoms with Gasteiger partial charge < -0.3 is 10.6 Å². The maximum absolute atomic E-state index is 11.9.